The third kappa shape index (κ3) is 1.86. The van der Waals surface area contributed by atoms with Crippen molar-refractivity contribution in [2.24, 2.45) is 11.7 Å². The Labute approximate surface area is 91.1 Å². The first-order chi connectivity index (χ1) is 7.24. The normalized spacial score (nSPS) is 18.5. The Kier molecular flexibility index (Phi) is 2.96. The maximum Gasteiger partial charge on any atom is 0.123 e. The minimum atomic E-state index is 0.0187. The Bertz CT molecular complexity index is 344. The predicted octanol–water partition coefficient (Wildman–Crippen LogP) is 2.75. The van der Waals surface area contributed by atoms with E-state index >= 15 is 0 Å². The van der Waals surface area contributed by atoms with Gasteiger partial charge in [0, 0.05) is 11.6 Å². The number of aryl methyl sites for hydroxylation is 1. The van der Waals surface area contributed by atoms with Crippen molar-refractivity contribution in [3.05, 3.63) is 29.3 Å². The van der Waals surface area contributed by atoms with E-state index < -0.39 is 0 Å². The number of phenols is 1. The van der Waals surface area contributed by atoms with Gasteiger partial charge in [0.15, 0.2) is 0 Å². The summed E-state index contributed by atoms with van der Waals surface area (Å²) in [6, 6.07) is 5.93. The van der Waals surface area contributed by atoms with E-state index in [-0.39, 0.29) is 6.04 Å². The number of para-hydroxylation sites is 1. The Balaban J connectivity index is 2.26. The molecule has 0 saturated heterocycles. The fourth-order valence-electron chi connectivity index (χ4n) is 2.22. The monoisotopic (exact) mass is 205 g/mol. The highest BCUT2D eigenvalue weighted by atomic mass is 16.3. The van der Waals surface area contributed by atoms with Gasteiger partial charge in [0.1, 0.15) is 5.75 Å². The van der Waals surface area contributed by atoms with Crippen LogP contribution >= 0.6 is 0 Å². The van der Waals surface area contributed by atoms with Gasteiger partial charge in [0.25, 0.3) is 0 Å². The molecule has 0 bridgehead atoms. The number of benzene rings is 1. The molecule has 1 saturated carbocycles. The molecule has 1 aromatic carbocycles. The Hall–Kier alpha value is -1.02. The average molecular weight is 205 g/mol. The molecule has 1 aliphatic rings. The van der Waals surface area contributed by atoms with E-state index in [0.29, 0.717) is 11.7 Å². The van der Waals surface area contributed by atoms with Crippen molar-refractivity contribution < 1.29 is 5.11 Å². The van der Waals surface area contributed by atoms with Crippen LogP contribution in [0.4, 0.5) is 0 Å². The number of aromatic hydroxyl groups is 1. The van der Waals surface area contributed by atoms with Crippen molar-refractivity contribution in [1.29, 1.82) is 0 Å². The van der Waals surface area contributed by atoms with E-state index in [1.54, 1.807) is 0 Å². The second-order valence-corrected chi connectivity index (χ2v) is 4.43. The van der Waals surface area contributed by atoms with E-state index in [1.165, 1.54) is 19.3 Å². The first-order valence-corrected chi connectivity index (χ1v) is 5.80. The van der Waals surface area contributed by atoms with Crippen molar-refractivity contribution in [3.63, 3.8) is 0 Å². The van der Waals surface area contributed by atoms with Gasteiger partial charge in [-0.05, 0) is 30.7 Å². The molecule has 82 valence electrons. The average Bonchev–Trinajstić information content (AvgIpc) is 2.15. The van der Waals surface area contributed by atoms with Crippen LogP contribution in [0.1, 0.15) is 43.4 Å². The van der Waals surface area contributed by atoms with E-state index in [2.05, 4.69) is 0 Å². The summed E-state index contributed by atoms with van der Waals surface area (Å²) < 4.78 is 0. The van der Waals surface area contributed by atoms with Crippen molar-refractivity contribution in [2.75, 3.05) is 0 Å². The highest BCUT2D eigenvalue weighted by molar-refractivity contribution is 5.42. The molecule has 0 aromatic heterocycles. The lowest BCUT2D eigenvalue weighted by atomic mass is 9.77. The Morgan fingerprint density at radius 1 is 1.47 bits per heavy atom. The zero-order valence-corrected chi connectivity index (χ0v) is 9.24. The topological polar surface area (TPSA) is 46.2 Å². The zero-order chi connectivity index (χ0) is 10.8. The highest BCUT2D eigenvalue weighted by Gasteiger charge is 2.27. The zero-order valence-electron chi connectivity index (χ0n) is 9.24. The minimum absolute atomic E-state index is 0.0187. The highest BCUT2D eigenvalue weighted by Crippen LogP contribution is 2.39. The molecule has 1 aromatic rings. The van der Waals surface area contributed by atoms with Crippen LogP contribution in [0.5, 0.6) is 5.75 Å². The summed E-state index contributed by atoms with van der Waals surface area (Å²) in [5, 5.41) is 10.0. The lowest BCUT2D eigenvalue weighted by Crippen LogP contribution is -2.26. The fraction of sp³-hybridized carbons (Fsp3) is 0.538. The molecule has 1 atom stereocenters. The summed E-state index contributed by atoms with van der Waals surface area (Å²) in [7, 11) is 0. The van der Waals surface area contributed by atoms with Crippen LogP contribution in [0.2, 0.25) is 0 Å². The minimum Gasteiger partial charge on any atom is -0.507 e. The molecule has 0 unspecified atom stereocenters. The van der Waals surface area contributed by atoms with Crippen molar-refractivity contribution >= 4 is 0 Å². The van der Waals surface area contributed by atoms with Gasteiger partial charge in [-0.1, -0.05) is 31.5 Å². The SMILES string of the molecule is CCc1cccc([C@H](N)C2CCC2)c1O. The third-order valence-electron chi connectivity index (χ3n) is 3.55. The molecule has 0 amide bonds. The molecular formula is C13H19NO. The van der Waals surface area contributed by atoms with Gasteiger partial charge in [-0.25, -0.2) is 0 Å². The molecule has 1 fully saturated rings. The molecule has 15 heavy (non-hydrogen) atoms. The number of hydrogen-bond donors (Lipinski definition) is 2. The standard InChI is InChI=1S/C13H19NO/c1-2-9-5-4-8-11(13(9)15)12(14)10-6-3-7-10/h4-5,8,10,12,15H,2-3,6-7,14H2,1H3/t12-/m1/s1. The maximum atomic E-state index is 10.0. The van der Waals surface area contributed by atoms with Crippen LogP contribution < -0.4 is 5.73 Å². The second kappa shape index (κ2) is 4.23. The summed E-state index contributed by atoms with van der Waals surface area (Å²) in [5.74, 6) is 0.988. The smallest absolute Gasteiger partial charge is 0.123 e. The first-order valence-electron chi connectivity index (χ1n) is 5.80. The van der Waals surface area contributed by atoms with Crippen molar-refractivity contribution in [2.45, 2.75) is 38.6 Å². The lowest BCUT2D eigenvalue weighted by Gasteiger charge is -2.32. The number of phenolic OH excluding ortho intramolecular Hbond substituents is 1. The van der Waals surface area contributed by atoms with Gasteiger partial charge >= 0.3 is 0 Å². The number of rotatable bonds is 3. The molecular weight excluding hydrogens is 186 g/mol. The third-order valence-corrected chi connectivity index (χ3v) is 3.55. The Morgan fingerprint density at radius 2 is 2.20 bits per heavy atom. The molecule has 0 spiro atoms. The largest absolute Gasteiger partial charge is 0.507 e. The van der Waals surface area contributed by atoms with Gasteiger partial charge in [-0.2, -0.15) is 0 Å². The van der Waals surface area contributed by atoms with E-state index in [1.807, 2.05) is 25.1 Å². The summed E-state index contributed by atoms with van der Waals surface area (Å²) in [6.07, 6.45) is 4.55. The van der Waals surface area contributed by atoms with Crippen LogP contribution in [-0.4, -0.2) is 5.11 Å². The van der Waals surface area contributed by atoms with Gasteiger partial charge < -0.3 is 10.8 Å². The van der Waals surface area contributed by atoms with Crippen LogP contribution in [0.3, 0.4) is 0 Å². The lowest BCUT2D eigenvalue weighted by molar-refractivity contribution is 0.260. The molecule has 0 aliphatic heterocycles. The predicted molar refractivity (Wildman–Crippen MR) is 61.8 cm³/mol. The summed E-state index contributed by atoms with van der Waals surface area (Å²) in [6.45, 7) is 2.05. The maximum absolute atomic E-state index is 10.0. The van der Waals surface area contributed by atoms with Gasteiger partial charge in [0.05, 0.1) is 0 Å². The van der Waals surface area contributed by atoms with E-state index in [9.17, 15) is 5.11 Å². The van der Waals surface area contributed by atoms with Crippen LogP contribution in [0.25, 0.3) is 0 Å². The molecule has 2 rings (SSSR count). The molecule has 0 heterocycles. The van der Waals surface area contributed by atoms with Crippen molar-refractivity contribution in [1.82, 2.24) is 0 Å². The van der Waals surface area contributed by atoms with E-state index in [4.69, 9.17) is 5.73 Å². The second-order valence-electron chi connectivity index (χ2n) is 4.43. The van der Waals surface area contributed by atoms with Crippen LogP contribution in [0, 0.1) is 5.92 Å². The number of nitrogens with two attached hydrogens (primary N) is 1. The van der Waals surface area contributed by atoms with Gasteiger partial charge in [-0.3, -0.25) is 0 Å². The van der Waals surface area contributed by atoms with Crippen LogP contribution in [0.15, 0.2) is 18.2 Å². The van der Waals surface area contributed by atoms with Crippen molar-refractivity contribution in [3.8, 4) is 5.75 Å². The summed E-state index contributed by atoms with van der Waals surface area (Å²) >= 11 is 0. The molecule has 3 N–H and O–H groups in total. The number of hydrogen-bond acceptors (Lipinski definition) is 2. The fourth-order valence-corrected chi connectivity index (χ4v) is 2.22. The summed E-state index contributed by atoms with van der Waals surface area (Å²) in [4.78, 5) is 0. The molecule has 2 heteroatoms. The Morgan fingerprint density at radius 3 is 2.73 bits per heavy atom. The first kappa shape index (κ1) is 10.5. The molecule has 2 nitrogen and oxygen atoms in total. The van der Waals surface area contributed by atoms with Gasteiger partial charge in [0.2, 0.25) is 0 Å². The summed E-state index contributed by atoms with van der Waals surface area (Å²) in [5.41, 5.74) is 8.10. The van der Waals surface area contributed by atoms with Gasteiger partial charge in [-0.15, -0.1) is 0 Å². The quantitative estimate of drug-likeness (QED) is 0.797. The molecule has 0 radical (unpaired) electrons. The van der Waals surface area contributed by atoms with E-state index in [0.717, 1.165) is 17.5 Å². The van der Waals surface area contributed by atoms with Crippen LogP contribution in [-0.2, 0) is 6.42 Å². The molecule has 1 aliphatic carbocycles.